The normalized spacial score (nSPS) is 14.5. The van der Waals surface area contributed by atoms with E-state index >= 15 is 0 Å². The molecule has 1 saturated heterocycles. The Hall–Kier alpha value is -3.11. The van der Waals surface area contributed by atoms with E-state index in [1.807, 2.05) is 28.8 Å². The molecule has 0 spiro atoms. The molecule has 2 amide bonds. The van der Waals surface area contributed by atoms with Gasteiger partial charge in [0.2, 0.25) is 5.91 Å². The third-order valence-electron chi connectivity index (χ3n) is 5.15. The van der Waals surface area contributed by atoms with Crippen molar-refractivity contribution in [1.29, 1.82) is 0 Å². The van der Waals surface area contributed by atoms with E-state index in [4.69, 9.17) is 4.42 Å². The molecule has 0 aliphatic carbocycles. The van der Waals surface area contributed by atoms with Crippen molar-refractivity contribution in [1.82, 2.24) is 19.4 Å². The summed E-state index contributed by atoms with van der Waals surface area (Å²) in [5.74, 6) is 0.973. The van der Waals surface area contributed by atoms with E-state index in [9.17, 15) is 14.0 Å². The average molecular weight is 458 g/mol. The molecule has 0 radical (unpaired) electrons. The predicted molar refractivity (Wildman–Crippen MR) is 119 cm³/mol. The fourth-order valence-corrected chi connectivity index (χ4v) is 4.23. The van der Waals surface area contributed by atoms with Gasteiger partial charge in [-0.15, -0.1) is 0 Å². The molecule has 8 nitrogen and oxygen atoms in total. The Balaban J connectivity index is 1.23. The van der Waals surface area contributed by atoms with Crippen LogP contribution in [0.25, 0.3) is 0 Å². The van der Waals surface area contributed by atoms with Gasteiger partial charge in [0.25, 0.3) is 5.91 Å². The van der Waals surface area contributed by atoms with Crippen LogP contribution in [0.4, 0.5) is 10.1 Å². The van der Waals surface area contributed by atoms with Gasteiger partial charge in [0.15, 0.2) is 10.9 Å². The number of halogens is 1. The van der Waals surface area contributed by atoms with Crippen LogP contribution >= 0.6 is 11.8 Å². The second-order valence-electron chi connectivity index (χ2n) is 7.50. The minimum Gasteiger partial charge on any atom is -0.455 e. The first-order chi connectivity index (χ1) is 15.5. The van der Waals surface area contributed by atoms with E-state index < -0.39 is 0 Å². The van der Waals surface area contributed by atoms with Gasteiger partial charge in [0.1, 0.15) is 11.6 Å². The molecule has 1 aliphatic rings. The first-order valence-corrected chi connectivity index (χ1v) is 11.2. The Kier molecular flexibility index (Phi) is 6.91. The van der Waals surface area contributed by atoms with Crippen molar-refractivity contribution >= 4 is 29.3 Å². The first-order valence-electron chi connectivity index (χ1n) is 10.2. The van der Waals surface area contributed by atoms with Crippen molar-refractivity contribution in [3.63, 3.8) is 0 Å². The van der Waals surface area contributed by atoms with Gasteiger partial charge in [-0.25, -0.2) is 9.37 Å². The number of aryl methyl sites for hydroxylation is 1. The summed E-state index contributed by atoms with van der Waals surface area (Å²) in [5.41, 5.74) is 0.555. The molecule has 3 heterocycles. The SMILES string of the molecule is Cn1ccnc1SCc1ccc(C(=O)N2CCN(CC(=O)Nc3ccc(F)cc3)CC2)o1. The largest absolute Gasteiger partial charge is 0.455 e. The molecular weight excluding hydrogens is 433 g/mol. The van der Waals surface area contributed by atoms with Crippen LogP contribution in [0.15, 0.2) is 58.4 Å². The number of piperazine rings is 1. The van der Waals surface area contributed by atoms with Gasteiger partial charge in [-0.1, -0.05) is 11.8 Å². The Morgan fingerprint density at radius 2 is 1.88 bits per heavy atom. The number of aromatic nitrogens is 2. The number of hydrogen-bond acceptors (Lipinski definition) is 6. The third-order valence-corrected chi connectivity index (χ3v) is 6.23. The molecule has 2 aromatic heterocycles. The number of imidazole rings is 1. The quantitative estimate of drug-likeness (QED) is 0.550. The molecule has 4 rings (SSSR count). The maximum atomic E-state index is 13.0. The second-order valence-corrected chi connectivity index (χ2v) is 8.44. The number of carbonyl (C=O) groups excluding carboxylic acids is 2. The number of benzene rings is 1. The van der Waals surface area contributed by atoms with E-state index in [0.717, 1.165) is 10.9 Å². The minimum absolute atomic E-state index is 0.145. The monoisotopic (exact) mass is 457 g/mol. The highest BCUT2D eigenvalue weighted by Crippen LogP contribution is 2.22. The Morgan fingerprint density at radius 3 is 2.56 bits per heavy atom. The molecule has 10 heteroatoms. The van der Waals surface area contributed by atoms with Crippen LogP contribution in [0.2, 0.25) is 0 Å². The lowest BCUT2D eigenvalue weighted by molar-refractivity contribution is -0.117. The smallest absolute Gasteiger partial charge is 0.289 e. The summed E-state index contributed by atoms with van der Waals surface area (Å²) in [6.07, 6.45) is 3.62. The van der Waals surface area contributed by atoms with E-state index in [-0.39, 0.29) is 24.2 Å². The van der Waals surface area contributed by atoms with E-state index in [2.05, 4.69) is 10.3 Å². The lowest BCUT2D eigenvalue weighted by Crippen LogP contribution is -2.50. The Labute approximate surface area is 189 Å². The third kappa shape index (κ3) is 5.57. The highest BCUT2D eigenvalue weighted by atomic mass is 32.2. The van der Waals surface area contributed by atoms with Gasteiger partial charge in [-0.3, -0.25) is 14.5 Å². The maximum absolute atomic E-state index is 13.0. The van der Waals surface area contributed by atoms with Crippen LogP contribution in [0, 0.1) is 5.82 Å². The zero-order chi connectivity index (χ0) is 22.5. The first kappa shape index (κ1) is 22.1. The molecule has 3 aromatic rings. The van der Waals surface area contributed by atoms with Crippen LogP contribution in [0.3, 0.4) is 0 Å². The van der Waals surface area contributed by atoms with E-state index in [0.29, 0.717) is 43.4 Å². The minimum atomic E-state index is -0.348. The second kappa shape index (κ2) is 10.0. The van der Waals surface area contributed by atoms with Crippen LogP contribution in [0.1, 0.15) is 16.3 Å². The Morgan fingerprint density at radius 1 is 1.12 bits per heavy atom. The van der Waals surface area contributed by atoms with Crippen molar-refractivity contribution in [2.75, 3.05) is 38.0 Å². The van der Waals surface area contributed by atoms with Crippen molar-refractivity contribution in [3.05, 3.63) is 66.1 Å². The summed E-state index contributed by atoms with van der Waals surface area (Å²) in [5, 5.41) is 3.64. The number of rotatable bonds is 7. The van der Waals surface area contributed by atoms with Crippen molar-refractivity contribution in [3.8, 4) is 0 Å². The number of nitrogens with zero attached hydrogens (tertiary/aromatic N) is 4. The fraction of sp³-hybridized carbons (Fsp3) is 0.318. The molecule has 0 unspecified atom stereocenters. The van der Waals surface area contributed by atoms with Gasteiger partial charge in [-0.05, 0) is 36.4 Å². The number of amides is 2. The number of hydrogen-bond donors (Lipinski definition) is 1. The maximum Gasteiger partial charge on any atom is 0.289 e. The van der Waals surface area contributed by atoms with E-state index in [1.165, 1.54) is 24.3 Å². The number of furan rings is 1. The lowest BCUT2D eigenvalue weighted by Gasteiger charge is -2.33. The summed E-state index contributed by atoms with van der Waals surface area (Å²) >= 11 is 1.54. The number of nitrogens with one attached hydrogen (secondary N) is 1. The highest BCUT2D eigenvalue weighted by molar-refractivity contribution is 7.98. The molecule has 1 aromatic carbocycles. The van der Waals surface area contributed by atoms with Gasteiger partial charge in [-0.2, -0.15) is 0 Å². The zero-order valence-corrected chi connectivity index (χ0v) is 18.5. The molecule has 0 bridgehead atoms. The molecule has 1 aliphatic heterocycles. The van der Waals surface area contributed by atoms with E-state index in [1.54, 1.807) is 28.9 Å². The fourth-order valence-electron chi connectivity index (χ4n) is 3.40. The van der Waals surface area contributed by atoms with Crippen molar-refractivity contribution in [2.24, 2.45) is 7.05 Å². The average Bonchev–Trinajstić information content (AvgIpc) is 3.43. The van der Waals surface area contributed by atoms with Gasteiger partial charge >= 0.3 is 0 Å². The number of carbonyl (C=O) groups is 2. The van der Waals surface area contributed by atoms with Crippen LogP contribution in [0.5, 0.6) is 0 Å². The molecular formula is C22H24FN5O3S. The summed E-state index contributed by atoms with van der Waals surface area (Å²) in [7, 11) is 1.93. The molecule has 1 N–H and O–H groups in total. The van der Waals surface area contributed by atoms with Gasteiger partial charge in [0, 0.05) is 51.3 Å². The molecule has 0 saturated carbocycles. The summed E-state index contributed by atoms with van der Waals surface area (Å²) in [4.78, 5) is 33.0. The predicted octanol–water partition coefficient (Wildman–Crippen LogP) is 2.84. The zero-order valence-electron chi connectivity index (χ0n) is 17.7. The van der Waals surface area contributed by atoms with Gasteiger partial charge in [0.05, 0.1) is 12.3 Å². The molecule has 0 atom stereocenters. The number of anilines is 1. The Bertz CT molecular complexity index is 1070. The van der Waals surface area contributed by atoms with Crippen molar-refractivity contribution in [2.45, 2.75) is 10.9 Å². The topological polar surface area (TPSA) is 83.6 Å². The van der Waals surface area contributed by atoms with Crippen LogP contribution < -0.4 is 5.32 Å². The van der Waals surface area contributed by atoms with Crippen LogP contribution in [-0.4, -0.2) is 63.9 Å². The highest BCUT2D eigenvalue weighted by Gasteiger charge is 2.25. The number of thioether (sulfide) groups is 1. The molecule has 1 fully saturated rings. The van der Waals surface area contributed by atoms with Crippen LogP contribution in [-0.2, 0) is 17.6 Å². The molecule has 168 valence electrons. The summed E-state index contributed by atoms with van der Waals surface area (Å²) in [6, 6.07) is 9.18. The standard InChI is InChI=1S/C22H24FN5O3S/c1-26-9-8-24-22(26)32-15-18-6-7-19(31-18)21(30)28-12-10-27(11-13-28)14-20(29)25-17-4-2-16(23)3-5-17/h2-9H,10-15H2,1H3,(H,25,29). The summed E-state index contributed by atoms with van der Waals surface area (Å²) in [6.45, 7) is 2.42. The van der Waals surface area contributed by atoms with Gasteiger partial charge < -0.3 is 19.2 Å². The molecule has 32 heavy (non-hydrogen) atoms. The summed E-state index contributed by atoms with van der Waals surface area (Å²) < 4.78 is 20.6. The lowest BCUT2D eigenvalue weighted by atomic mass is 10.2. The van der Waals surface area contributed by atoms with Crippen molar-refractivity contribution < 1.29 is 18.4 Å².